The van der Waals surface area contributed by atoms with Crippen LogP contribution in [-0.4, -0.2) is 29.1 Å². The Kier molecular flexibility index (Phi) is 4.21. The maximum absolute atomic E-state index is 12.8. The van der Waals surface area contributed by atoms with Crippen LogP contribution in [0.25, 0.3) is 0 Å². The number of rotatable bonds is 2. The Morgan fingerprint density at radius 3 is 2.83 bits per heavy atom. The standard InChI is InChI=1S/C19H26N2O3/c22-17-11-15(14-5-1-2-6-16(14)21-17)18(23)20-13-7-10-24-19(12-13)8-3-4-9-19/h11,13H,1-10,12H2,(H,20,23)(H,21,22). The van der Waals surface area contributed by atoms with Crippen molar-refractivity contribution in [2.75, 3.05) is 6.61 Å². The number of carbonyl (C=O) groups excluding carboxylic acids is 1. The van der Waals surface area contributed by atoms with Gasteiger partial charge in [0.15, 0.2) is 0 Å². The number of fused-ring (bicyclic) bond motifs is 1. The van der Waals surface area contributed by atoms with Gasteiger partial charge in [-0.3, -0.25) is 9.59 Å². The Hall–Kier alpha value is -1.62. The summed E-state index contributed by atoms with van der Waals surface area (Å²) < 4.78 is 6.05. The summed E-state index contributed by atoms with van der Waals surface area (Å²) in [6, 6.07) is 1.63. The van der Waals surface area contributed by atoms with Crippen LogP contribution in [0.1, 0.15) is 73.0 Å². The van der Waals surface area contributed by atoms with E-state index in [0.717, 1.165) is 69.2 Å². The van der Waals surface area contributed by atoms with Crippen molar-refractivity contribution < 1.29 is 9.53 Å². The fourth-order valence-electron chi connectivity index (χ4n) is 4.73. The first kappa shape index (κ1) is 15.9. The average Bonchev–Trinajstić information content (AvgIpc) is 3.01. The van der Waals surface area contributed by atoms with Crippen molar-refractivity contribution >= 4 is 5.91 Å². The van der Waals surface area contributed by atoms with Gasteiger partial charge in [0.05, 0.1) is 5.60 Å². The summed E-state index contributed by atoms with van der Waals surface area (Å²) >= 11 is 0. The second kappa shape index (κ2) is 6.36. The molecule has 1 saturated heterocycles. The number of H-pyrrole nitrogens is 1. The number of nitrogens with one attached hydrogen (secondary N) is 2. The van der Waals surface area contributed by atoms with E-state index in [4.69, 9.17) is 4.74 Å². The topological polar surface area (TPSA) is 71.2 Å². The second-order valence-electron chi connectivity index (χ2n) is 7.61. The summed E-state index contributed by atoms with van der Waals surface area (Å²) in [5.41, 5.74) is 2.41. The van der Waals surface area contributed by atoms with Crippen molar-refractivity contribution in [3.8, 4) is 0 Å². The number of pyridine rings is 1. The summed E-state index contributed by atoms with van der Waals surface area (Å²) in [5.74, 6) is -0.0840. The van der Waals surface area contributed by atoms with Gasteiger partial charge in [0.25, 0.3) is 5.91 Å². The van der Waals surface area contributed by atoms with E-state index in [9.17, 15) is 9.59 Å². The van der Waals surface area contributed by atoms with E-state index in [1.54, 1.807) is 0 Å². The zero-order chi connectivity index (χ0) is 16.6. The molecule has 1 unspecified atom stereocenters. The van der Waals surface area contributed by atoms with E-state index >= 15 is 0 Å². The van der Waals surface area contributed by atoms with Crippen LogP contribution in [0.5, 0.6) is 0 Å². The molecule has 0 bridgehead atoms. The largest absolute Gasteiger partial charge is 0.375 e. The second-order valence-corrected chi connectivity index (χ2v) is 7.61. The van der Waals surface area contributed by atoms with Crippen LogP contribution in [0.2, 0.25) is 0 Å². The van der Waals surface area contributed by atoms with E-state index in [1.165, 1.54) is 18.9 Å². The number of aromatic amines is 1. The van der Waals surface area contributed by atoms with Crippen molar-refractivity contribution in [3.63, 3.8) is 0 Å². The molecule has 1 saturated carbocycles. The Morgan fingerprint density at radius 2 is 2.00 bits per heavy atom. The first-order chi connectivity index (χ1) is 11.7. The lowest BCUT2D eigenvalue weighted by Gasteiger charge is -2.38. The monoisotopic (exact) mass is 330 g/mol. The number of hydrogen-bond donors (Lipinski definition) is 2. The molecule has 3 aliphatic rings. The predicted octanol–water partition coefficient (Wildman–Crippen LogP) is 2.48. The molecule has 1 aromatic heterocycles. The molecule has 5 nitrogen and oxygen atoms in total. The summed E-state index contributed by atoms with van der Waals surface area (Å²) in [7, 11) is 0. The average molecular weight is 330 g/mol. The molecule has 4 rings (SSSR count). The van der Waals surface area contributed by atoms with Gasteiger partial charge in [-0.05, 0) is 56.9 Å². The van der Waals surface area contributed by atoms with Gasteiger partial charge in [-0.15, -0.1) is 0 Å². The van der Waals surface area contributed by atoms with Gasteiger partial charge in [-0.1, -0.05) is 12.8 Å². The molecule has 2 fully saturated rings. The SMILES string of the molecule is O=C(NC1CCOC2(CCCC2)C1)c1cc(=O)[nH]c2c1CCCC2. The van der Waals surface area contributed by atoms with Gasteiger partial charge in [0.1, 0.15) is 0 Å². The number of amides is 1. The molecular weight excluding hydrogens is 304 g/mol. The third-order valence-electron chi connectivity index (χ3n) is 5.93. The highest BCUT2D eigenvalue weighted by atomic mass is 16.5. The van der Waals surface area contributed by atoms with Gasteiger partial charge in [-0.25, -0.2) is 0 Å². The maximum Gasteiger partial charge on any atom is 0.252 e. The summed E-state index contributed by atoms with van der Waals surface area (Å²) in [4.78, 5) is 27.7. The van der Waals surface area contributed by atoms with Crippen LogP contribution >= 0.6 is 0 Å². The molecule has 1 spiro atoms. The van der Waals surface area contributed by atoms with E-state index < -0.39 is 0 Å². The van der Waals surface area contributed by atoms with Crippen LogP contribution in [0.3, 0.4) is 0 Å². The Balaban J connectivity index is 1.52. The number of carbonyl (C=O) groups is 1. The van der Waals surface area contributed by atoms with Crippen LogP contribution < -0.4 is 10.9 Å². The molecule has 1 atom stereocenters. The molecule has 2 heterocycles. The number of aryl methyl sites for hydroxylation is 1. The Labute approximate surface area is 142 Å². The molecule has 1 aliphatic heterocycles. The minimum absolute atomic E-state index is 0.0101. The number of aromatic nitrogens is 1. The highest BCUT2D eigenvalue weighted by Gasteiger charge is 2.40. The zero-order valence-corrected chi connectivity index (χ0v) is 14.2. The zero-order valence-electron chi connectivity index (χ0n) is 14.2. The van der Waals surface area contributed by atoms with Crippen LogP contribution in [-0.2, 0) is 17.6 Å². The molecule has 2 aliphatic carbocycles. The molecule has 24 heavy (non-hydrogen) atoms. The normalized spacial score (nSPS) is 25.4. The van der Waals surface area contributed by atoms with Crippen molar-refractivity contribution in [2.24, 2.45) is 0 Å². The first-order valence-electron chi connectivity index (χ1n) is 9.35. The Bertz CT molecular complexity index is 688. The van der Waals surface area contributed by atoms with E-state index in [-0.39, 0.29) is 23.1 Å². The highest BCUT2D eigenvalue weighted by Crippen LogP contribution is 2.40. The van der Waals surface area contributed by atoms with Crippen molar-refractivity contribution in [3.05, 3.63) is 33.2 Å². The summed E-state index contributed by atoms with van der Waals surface area (Å²) in [6.45, 7) is 0.721. The molecule has 0 aromatic carbocycles. The molecule has 2 N–H and O–H groups in total. The van der Waals surface area contributed by atoms with Crippen molar-refractivity contribution in [1.82, 2.24) is 10.3 Å². The first-order valence-corrected chi connectivity index (χ1v) is 9.35. The van der Waals surface area contributed by atoms with E-state index in [0.29, 0.717) is 5.56 Å². The van der Waals surface area contributed by atoms with Crippen LogP contribution in [0.15, 0.2) is 10.9 Å². The summed E-state index contributed by atoms with van der Waals surface area (Å²) in [5, 5.41) is 3.19. The minimum Gasteiger partial charge on any atom is -0.375 e. The van der Waals surface area contributed by atoms with Gasteiger partial charge >= 0.3 is 0 Å². The van der Waals surface area contributed by atoms with Gasteiger partial charge in [0, 0.05) is 30.0 Å². The third kappa shape index (κ3) is 3.02. The molecular formula is C19H26N2O3. The molecule has 5 heteroatoms. The highest BCUT2D eigenvalue weighted by molar-refractivity contribution is 5.96. The lowest BCUT2D eigenvalue weighted by Crippen LogP contribution is -2.47. The fraction of sp³-hybridized carbons (Fsp3) is 0.684. The Morgan fingerprint density at radius 1 is 1.21 bits per heavy atom. The fourth-order valence-corrected chi connectivity index (χ4v) is 4.73. The van der Waals surface area contributed by atoms with Crippen LogP contribution in [0.4, 0.5) is 0 Å². The third-order valence-corrected chi connectivity index (χ3v) is 5.93. The molecule has 1 amide bonds. The smallest absolute Gasteiger partial charge is 0.252 e. The molecule has 1 aromatic rings. The number of ether oxygens (including phenoxy) is 1. The lowest BCUT2D eigenvalue weighted by atomic mass is 9.88. The van der Waals surface area contributed by atoms with Gasteiger partial charge in [0.2, 0.25) is 5.56 Å². The lowest BCUT2D eigenvalue weighted by molar-refractivity contribution is -0.0823. The minimum atomic E-state index is -0.167. The van der Waals surface area contributed by atoms with Crippen molar-refractivity contribution in [1.29, 1.82) is 0 Å². The van der Waals surface area contributed by atoms with Gasteiger partial charge < -0.3 is 15.0 Å². The molecule has 130 valence electrons. The van der Waals surface area contributed by atoms with Crippen LogP contribution in [0, 0.1) is 0 Å². The van der Waals surface area contributed by atoms with Crippen molar-refractivity contribution in [2.45, 2.75) is 75.9 Å². The van der Waals surface area contributed by atoms with Gasteiger partial charge in [-0.2, -0.15) is 0 Å². The molecule has 0 radical (unpaired) electrons. The maximum atomic E-state index is 12.8. The van der Waals surface area contributed by atoms with E-state index in [1.807, 2.05) is 0 Å². The predicted molar refractivity (Wildman–Crippen MR) is 91.3 cm³/mol. The number of hydrogen-bond acceptors (Lipinski definition) is 3. The van der Waals surface area contributed by atoms with E-state index in [2.05, 4.69) is 10.3 Å². The summed E-state index contributed by atoms with van der Waals surface area (Å²) in [6.07, 6.45) is 10.3. The quantitative estimate of drug-likeness (QED) is 0.875.